The Hall–Kier alpha value is -1.53. The Morgan fingerprint density at radius 2 is 1.79 bits per heavy atom. The van der Waals surface area contributed by atoms with Crippen LogP contribution in [0, 0.1) is 11.8 Å². The molecule has 1 aromatic rings. The van der Waals surface area contributed by atoms with Gasteiger partial charge in [-0.25, -0.2) is 4.79 Å². The van der Waals surface area contributed by atoms with E-state index in [1.807, 2.05) is 4.90 Å². The Balaban J connectivity index is 1.54. The van der Waals surface area contributed by atoms with E-state index >= 15 is 0 Å². The summed E-state index contributed by atoms with van der Waals surface area (Å²) in [6, 6.07) is 8.57. The maximum atomic E-state index is 12.1. The van der Waals surface area contributed by atoms with E-state index in [1.54, 1.807) is 0 Å². The van der Waals surface area contributed by atoms with E-state index in [1.165, 1.54) is 5.56 Å². The van der Waals surface area contributed by atoms with Gasteiger partial charge in [-0.05, 0) is 69.8 Å². The highest BCUT2D eigenvalue weighted by atomic mass is 16.7. The maximum absolute atomic E-state index is 12.1. The van der Waals surface area contributed by atoms with E-state index in [0.29, 0.717) is 18.4 Å². The molecule has 0 radical (unpaired) electrons. The van der Waals surface area contributed by atoms with Crippen molar-refractivity contribution in [2.45, 2.75) is 72.0 Å². The van der Waals surface area contributed by atoms with Crippen molar-refractivity contribution in [1.82, 2.24) is 4.90 Å². The summed E-state index contributed by atoms with van der Waals surface area (Å²) < 4.78 is 17.8. The Morgan fingerprint density at radius 3 is 2.38 bits per heavy atom. The number of ether oxygens (including phenoxy) is 1. The van der Waals surface area contributed by atoms with E-state index in [-0.39, 0.29) is 24.4 Å². The molecule has 0 bridgehead atoms. The lowest BCUT2D eigenvalue weighted by Crippen LogP contribution is -2.41. The van der Waals surface area contributed by atoms with E-state index in [9.17, 15) is 4.79 Å². The Kier molecular flexibility index (Phi) is 6.64. The SMILES string of the molecule is CC(C)COC(=O)N1CCC(Cc2cccc(B3OC(C)(C)C(C)(C)O3)c2)CC1. The Morgan fingerprint density at radius 1 is 1.17 bits per heavy atom. The van der Waals surface area contributed by atoms with Gasteiger partial charge < -0.3 is 18.9 Å². The highest BCUT2D eigenvalue weighted by Crippen LogP contribution is 2.36. The summed E-state index contributed by atoms with van der Waals surface area (Å²) in [5.41, 5.74) is 1.73. The number of piperidine rings is 1. The van der Waals surface area contributed by atoms with E-state index in [0.717, 1.165) is 37.8 Å². The maximum Gasteiger partial charge on any atom is 0.494 e. The van der Waals surface area contributed by atoms with Gasteiger partial charge in [0.1, 0.15) is 0 Å². The molecule has 2 fully saturated rings. The normalized spacial score (nSPS) is 21.6. The number of carbonyl (C=O) groups is 1. The molecular formula is C23H36BNO4. The second-order valence-corrected chi connectivity index (χ2v) is 9.94. The van der Waals surface area contributed by atoms with Gasteiger partial charge in [0.05, 0.1) is 17.8 Å². The van der Waals surface area contributed by atoms with Gasteiger partial charge in [0.15, 0.2) is 0 Å². The van der Waals surface area contributed by atoms with Crippen LogP contribution >= 0.6 is 0 Å². The second-order valence-electron chi connectivity index (χ2n) is 9.94. The predicted molar refractivity (Wildman–Crippen MR) is 116 cm³/mol. The van der Waals surface area contributed by atoms with Crippen molar-refractivity contribution in [2.75, 3.05) is 19.7 Å². The van der Waals surface area contributed by atoms with Crippen molar-refractivity contribution in [3.8, 4) is 0 Å². The molecule has 0 saturated carbocycles. The van der Waals surface area contributed by atoms with Gasteiger partial charge in [0, 0.05) is 13.1 Å². The number of likely N-dealkylation sites (tertiary alicyclic amines) is 1. The molecule has 0 unspecified atom stereocenters. The molecule has 0 aliphatic carbocycles. The molecule has 0 spiro atoms. The van der Waals surface area contributed by atoms with Gasteiger partial charge in [-0.1, -0.05) is 38.1 Å². The van der Waals surface area contributed by atoms with Crippen molar-refractivity contribution < 1.29 is 18.8 Å². The molecule has 0 N–H and O–H groups in total. The molecule has 2 aliphatic heterocycles. The second kappa shape index (κ2) is 8.69. The average molecular weight is 401 g/mol. The molecule has 0 atom stereocenters. The highest BCUT2D eigenvalue weighted by Gasteiger charge is 2.51. The zero-order valence-electron chi connectivity index (χ0n) is 18.9. The summed E-state index contributed by atoms with van der Waals surface area (Å²) in [4.78, 5) is 14.0. The molecule has 1 amide bonds. The van der Waals surface area contributed by atoms with Crippen molar-refractivity contribution in [3.63, 3.8) is 0 Å². The highest BCUT2D eigenvalue weighted by molar-refractivity contribution is 6.62. The van der Waals surface area contributed by atoms with Crippen LogP contribution in [0.3, 0.4) is 0 Å². The van der Waals surface area contributed by atoms with Crippen LogP contribution in [0.25, 0.3) is 0 Å². The van der Waals surface area contributed by atoms with Crippen LogP contribution in [0.5, 0.6) is 0 Å². The third kappa shape index (κ3) is 5.34. The molecule has 6 heteroatoms. The fourth-order valence-corrected chi connectivity index (χ4v) is 3.83. The quantitative estimate of drug-likeness (QED) is 0.699. The van der Waals surface area contributed by atoms with Crippen LogP contribution in [0.15, 0.2) is 24.3 Å². The lowest BCUT2D eigenvalue weighted by molar-refractivity contribution is 0.00578. The van der Waals surface area contributed by atoms with Gasteiger partial charge in [-0.15, -0.1) is 0 Å². The van der Waals surface area contributed by atoms with Gasteiger partial charge in [0.25, 0.3) is 0 Å². The average Bonchev–Trinajstić information content (AvgIpc) is 2.88. The molecule has 5 nitrogen and oxygen atoms in total. The lowest BCUT2D eigenvalue weighted by Gasteiger charge is -2.32. The largest absolute Gasteiger partial charge is 0.494 e. The summed E-state index contributed by atoms with van der Waals surface area (Å²) in [7, 11) is -0.322. The van der Waals surface area contributed by atoms with E-state index < -0.39 is 0 Å². The Labute approximate surface area is 176 Å². The van der Waals surface area contributed by atoms with Crippen molar-refractivity contribution >= 4 is 18.7 Å². The minimum absolute atomic E-state index is 0.167. The van der Waals surface area contributed by atoms with Crippen molar-refractivity contribution in [1.29, 1.82) is 0 Å². The first-order valence-corrected chi connectivity index (χ1v) is 10.9. The smallest absolute Gasteiger partial charge is 0.449 e. The summed E-state index contributed by atoms with van der Waals surface area (Å²) in [6.07, 6.45) is 2.87. The van der Waals surface area contributed by atoms with Crippen molar-refractivity contribution in [2.24, 2.45) is 11.8 Å². The zero-order valence-corrected chi connectivity index (χ0v) is 18.9. The Bertz CT molecular complexity index is 695. The molecule has 0 aromatic heterocycles. The standard InChI is InChI=1S/C23H36BNO4/c1-17(2)16-27-21(26)25-12-10-18(11-13-25)14-19-8-7-9-20(15-19)24-28-22(3,4)23(5,6)29-24/h7-9,15,17-18H,10-14,16H2,1-6H3. The lowest BCUT2D eigenvalue weighted by atomic mass is 9.77. The number of carbonyl (C=O) groups excluding carboxylic acids is 1. The number of rotatable bonds is 5. The van der Waals surface area contributed by atoms with Crippen LogP contribution in [-0.2, 0) is 20.5 Å². The summed E-state index contributed by atoms with van der Waals surface area (Å²) in [5.74, 6) is 0.949. The number of hydrogen-bond donors (Lipinski definition) is 0. The van der Waals surface area contributed by atoms with Crippen LogP contribution in [0.4, 0.5) is 4.79 Å². The van der Waals surface area contributed by atoms with E-state index in [4.69, 9.17) is 14.0 Å². The third-order valence-electron chi connectivity index (χ3n) is 6.41. The fraction of sp³-hybridized carbons (Fsp3) is 0.696. The summed E-state index contributed by atoms with van der Waals surface area (Å²) >= 11 is 0. The van der Waals surface area contributed by atoms with Crippen LogP contribution < -0.4 is 5.46 Å². The number of hydrogen-bond acceptors (Lipinski definition) is 4. The van der Waals surface area contributed by atoms with Crippen LogP contribution in [0.1, 0.15) is 59.9 Å². The third-order valence-corrected chi connectivity index (χ3v) is 6.41. The van der Waals surface area contributed by atoms with Crippen molar-refractivity contribution in [3.05, 3.63) is 29.8 Å². The first-order chi connectivity index (χ1) is 13.6. The molecule has 2 aliphatic rings. The van der Waals surface area contributed by atoms with E-state index in [2.05, 4.69) is 65.8 Å². The molecule has 2 saturated heterocycles. The first kappa shape index (κ1) is 22.2. The fourth-order valence-electron chi connectivity index (χ4n) is 3.83. The summed E-state index contributed by atoms with van der Waals surface area (Å²) in [5, 5.41) is 0. The topological polar surface area (TPSA) is 48.0 Å². The summed E-state index contributed by atoms with van der Waals surface area (Å²) in [6.45, 7) is 14.5. The number of nitrogens with zero attached hydrogens (tertiary/aromatic N) is 1. The minimum atomic E-state index is -0.329. The van der Waals surface area contributed by atoms with Crippen LogP contribution in [-0.4, -0.2) is 49.0 Å². The van der Waals surface area contributed by atoms with Crippen LogP contribution in [0.2, 0.25) is 0 Å². The first-order valence-electron chi connectivity index (χ1n) is 10.9. The molecule has 29 heavy (non-hydrogen) atoms. The molecule has 3 rings (SSSR count). The molecular weight excluding hydrogens is 365 g/mol. The van der Waals surface area contributed by atoms with Gasteiger partial charge in [0.2, 0.25) is 0 Å². The van der Waals surface area contributed by atoms with Gasteiger partial charge in [-0.2, -0.15) is 0 Å². The number of benzene rings is 1. The predicted octanol–water partition coefficient (Wildman–Crippen LogP) is 4.03. The number of amides is 1. The van der Waals surface area contributed by atoms with Gasteiger partial charge in [-0.3, -0.25) is 0 Å². The molecule has 2 heterocycles. The molecule has 160 valence electrons. The minimum Gasteiger partial charge on any atom is -0.449 e. The molecule has 1 aromatic carbocycles. The zero-order chi connectivity index (χ0) is 21.2. The monoisotopic (exact) mass is 401 g/mol. The van der Waals surface area contributed by atoms with Gasteiger partial charge >= 0.3 is 13.2 Å².